The summed E-state index contributed by atoms with van der Waals surface area (Å²) >= 11 is 1.75. The van der Waals surface area contributed by atoms with Crippen molar-refractivity contribution < 1.29 is 0 Å². The van der Waals surface area contributed by atoms with Crippen LogP contribution in [0.3, 0.4) is 0 Å². The Bertz CT molecular complexity index is 390. The third-order valence-electron chi connectivity index (χ3n) is 2.78. The van der Waals surface area contributed by atoms with Gasteiger partial charge < -0.3 is 10.6 Å². The van der Waals surface area contributed by atoms with Gasteiger partial charge in [-0.2, -0.15) is 0 Å². The molecular weight excluding hydrogens is 383 g/mol. The van der Waals surface area contributed by atoms with Crippen LogP contribution in [0.25, 0.3) is 0 Å². The highest BCUT2D eigenvalue weighted by Crippen LogP contribution is 2.19. The van der Waals surface area contributed by atoms with E-state index in [4.69, 9.17) is 0 Å². The molecule has 0 saturated heterocycles. The van der Waals surface area contributed by atoms with Gasteiger partial charge in [0.2, 0.25) is 0 Å². The van der Waals surface area contributed by atoms with Gasteiger partial charge in [-0.1, -0.05) is 27.2 Å². The molecule has 0 unspecified atom stereocenters. The number of nitrogens with one attached hydrogen (secondary N) is 2. The Labute approximate surface area is 143 Å². The number of aromatic nitrogens is 1. The van der Waals surface area contributed by atoms with Gasteiger partial charge in [-0.3, -0.25) is 4.99 Å². The Morgan fingerprint density at radius 3 is 2.60 bits per heavy atom. The molecule has 0 aliphatic rings. The Morgan fingerprint density at radius 1 is 1.35 bits per heavy atom. The molecule has 0 atom stereocenters. The van der Waals surface area contributed by atoms with Gasteiger partial charge in [0.1, 0.15) is 0 Å². The van der Waals surface area contributed by atoms with Gasteiger partial charge in [0.05, 0.1) is 10.7 Å². The molecule has 0 fully saturated rings. The summed E-state index contributed by atoms with van der Waals surface area (Å²) in [5, 5.41) is 10.00. The van der Waals surface area contributed by atoms with E-state index in [1.807, 2.05) is 0 Å². The standard InChI is InChI=1S/C14H26N4S.HI/c1-5-6-8-16-14(15-4)17-9-7-12-10-19-13(18-12)11(2)3;/h10-11H,5-9H2,1-4H3,(H2,15,16,17);1H. The molecule has 0 aliphatic carbocycles. The van der Waals surface area contributed by atoms with Gasteiger partial charge in [-0.25, -0.2) is 4.98 Å². The van der Waals surface area contributed by atoms with Gasteiger partial charge >= 0.3 is 0 Å². The number of guanidine groups is 1. The highest BCUT2D eigenvalue weighted by atomic mass is 127. The molecule has 0 bridgehead atoms. The average molecular weight is 410 g/mol. The second-order valence-electron chi connectivity index (χ2n) is 4.86. The lowest BCUT2D eigenvalue weighted by Gasteiger charge is -2.10. The van der Waals surface area contributed by atoms with E-state index in [0.29, 0.717) is 5.92 Å². The second-order valence-corrected chi connectivity index (χ2v) is 5.75. The van der Waals surface area contributed by atoms with Crippen molar-refractivity contribution in [1.29, 1.82) is 0 Å². The fourth-order valence-corrected chi connectivity index (χ4v) is 2.49. The molecule has 0 aromatic carbocycles. The van der Waals surface area contributed by atoms with Crippen molar-refractivity contribution in [3.05, 3.63) is 16.1 Å². The molecule has 1 heterocycles. The number of hydrogen-bond donors (Lipinski definition) is 2. The van der Waals surface area contributed by atoms with Crippen molar-refractivity contribution in [1.82, 2.24) is 15.6 Å². The normalized spacial score (nSPS) is 11.3. The first-order valence-electron chi connectivity index (χ1n) is 7.06. The Morgan fingerprint density at radius 2 is 2.05 bits per heavy atom. The van der Waals surface area contributed by atoms with Crippen molar-refractivity contribution in [2.75, 3.05) is 20.1 Å². The molecule has 2 N–H and O–H groups in total. The summed E-state index contributed by atoms with van der Waals surface area (Å²) < 4.78 is 0. The topological polar surface area (TPSA) is 49.3 Å². The van der Waals surface area contributed by atoms with E-state index in [2.05, 4.69) is 46.8 Å². The van der Waals surface area contributed by atoms with Crippen LogP contribution in [-0.4, -0.2) is 31.1 Å². The monoisotopic (exact) mass is 410 g/mol. The number of aliphatic imine (C=N–C) groups is 1. The molecule has 0 saturated carbocycles. The van der Waals surface area contributed by atoms with Crippen LogP contribution in [0, 0.1) is 0 Å². The molecule has 116 valence electrons. The summed E-state index contributed by atoms with van der Waals surface area (Å²) in [5.74, 6) is 1.41. The predicted octanol–water partition coefficient (Wildman–Crippen LogP) is 3.39. The number of unbranched alkanes of at least 4 members (excludes halogenated alkanes) is 1. The van der Waals surface area contributed by atoms with Crippen molar-refractivity contribution in [2.45, 2.75) is 46.0 Å². The van der Waals surface area contributed by atoms with Crippen molar-refractivity contribution in [3.8, 4) is 0 Å². The van der Waals surface area contributed by atoms with Crippen LogP contribution in [-0.2, 0) is 6.42 Å². The molecule has 1 aromatic heterocycles. The third kappa shape index (κ3) is 7.42. The zero-order valence-electron chi connectivity index (χ0n) is 12.9. The smallest absolute Gasteiger partial charge is 0.190 e. The number of rotatable bonds is 7. The first-order chi connectivity index (χ1) is 9.17. The molecule has 4 nitrogen and oxygen atoms in total. The van der Waals surface area contributed by atoms with Crippen LogP contribution >= 0.6 is 35.3 Å². The number of thiazole rings is 1. The van der Waals surface area contributed by atoms with E-state index >= 15 is 0 Å². The molecule has 6 heteroatoms. The molecule has 0 spiro atoms. The zero-order chi connectivity index (χ0) is 14.1. The minimum atomic E-state index is 0. The van der Waals surface area contributed by atoms with Gasteiger partial charge in [0.15, 0.2) is 5.96 Å². The minimum absolute atomic E-state index is 0. The number of nitrogens with zero attached hydrogens (tertiary/aromatic N) is 2. The second kappa shape index (κ2) is 11.3. The van der Waals surface area contributed by atoms with Crippen molar-refractivity contribution >= 4 is 41.3 Å². The maximum Gasteiger partial charge on any atom is 0.190 e. The highest BCUT2D eigenvalue weighted by molar-refractivity contribution is 14.0. The van der Waals surface area contributed by atoms with Crippen LogP contribution in [0.1, 0.15) is 50.2 Å². The zero-order valence-corrected chi connectivity index (χ0v) is 16.0. The van der Waals surface area contributed by atoms with Crippen LogP contribution in [0.4, 0.5) is 0 Å². The average Bonchev–Trinajstić information content (AvgIpc) is 2.86. The lowest BCUT2D eigenvalue weighted by Crippen LogP contribution is -2.38. The maximum absolute atomic E-state index is 4.63. The van der Waals surface area contributed by atoms with E-state index in [1.54, 1.807) is 18.4 Å². The third-order valence-corrected chi connectivity index (χ3v) is 3.98. The van der Waals surface area contributed by atoms with E-state index in [9.17, 15) is 0 Å². The van der Waals surface area contributed by atoms with Crippen LogP contribution in [0.15, 0.2) is 10.4 Å². The van der Waals surface area contributed by atoms with Gasteiger partial charge in [0, 0.05) is 37.9 Å². The van der Waals surface area contributed by atoms with E-state index in [-0.39, 0.29) is 24.0 Å². The van der Waals surface area contributed by atoms with Gasteiger partial charge in [-0.15, -0.1) is 35.3 Å². The molecule has 20 heavy (non-hydrogen) atoms. The Balaban J connectivity index is 0.00000361. The van der Waals surface area contributed by atoms with E-state index in [1.165, 1.54) is 23.5 Å². The predicted molar refractivity (Wildman–Crippen MR) is 99.6 cm³/mol. The summed E-state index contributed by atoms with van der Waals surface area (Å²) in [5.41, 5.74) is 1.17. The summed E-state index contributed by atoms with van der Waals surface area (Å²) in [6.45, 7) is 8.39. The van der Waals surface area contributed by atoms with Crippen molar-refractivity contribution in [2.24, 2.45) is 4.99 Å². The molecule has 0 amide bonds. The van der Waals surface area contributed by atoms with Crippen LogP contribution < -0.4 is 10.6 Å². The molecule has 1 aromatic rings. The fraction of sp³-hybridized carbons (Fsp3) is 0.714. The number of halogens is 1. The number of hydrogen-bond acceptors (Lipinski definition) is 3. The van der Waals surface area contributed by atoms with E-state index in [0.717, 1.165) is 25.5 Å². The SMILES string of the molecule is CCCCNC(=NC)NCCc1csc(C(C)C)n1.I. The maximum atomic E-state index is 4.63. The van der Waals surface area contributed by atoms with E-state index < -0.39 is 0 Å². The summed E-state index contributed by atoms with van der Waals surface area (Å²) in [7, 11) is 1.81. The van der Waals surface area contributed by atoms with Gasteiger partial charge in [0.25, 0.3) is 0 Å². The van der Waals surface area contributed by atoms with Gasteiger partial charge in [-0.05, 0) is 6.42 Å². The Kier molecular flexibility index (Phi) is 11.1. The minimum Gasteiger partial charge on any atom is -0.356 e. The molecule has 0 radical (unpaired) electrons. The quantitative estimate of drug-likeness (QED) is 0.314. The molecule has 0 aliphatic heterocycles. The van der Waals surface area contributed by atoms with Crippen LogP contribution in [0.2, 0.25) is 0 Å². The highest BCUT2D eigenvalue weighted by Gasteiger charge is 2.05. The van der Waals surface area contributed by atoms with Crippen molar-refractivity contribution in [3.63, 3.8) is 0 Å². The molecule has 1 rings (SSSR count). The lowest BCUT2D eigenvalue weighted by atomic mass is 10.2. The molecular formula is C14H27IN4S. The fourth-order valence-electron chi connectivity index (χ4n) is 1.62. The summed E-state index contributed by atoms with van der Waals surface area (Å²) in [4.78, 5) is 8.83. The lowest BCUT2D eigenvalue weighted by molar-refractivity contribution is 0.724. The summed E-state index contributed by atoms with van der Waals surface area (Å²) in [6.07, 6.45) is 3.31. The summed E-state index contributed by atoms with van der Waals surface area (Å²) in [6, 6.07) is 0. The Hall–Kier alpha value is -0.370. The van der Waals surface area contributed by atoms with Crippen LogP contribution in [0.5, 0.6) is 0 Å². The largest absolute Gasteiger partial charge is 0.356 e. The first-order valence-corrected chi connectivity index (χ1v) is 7.94. The first kappa shape index (κ1) is 19.6.